The minimum atomic E-state index is -0.616. The quantitative estimate of drug-likeness (QED) is 0.566. The van der Waals surface area contributed by atoms with Crippen LogP contribution in [0.25, 0.3) is 0 Å². The van der Waals surface area contributed by atoms with Crippen LogP contribution in [0.5, 0.6) is 0 Å². The van der Waals surface area contributed by atoms with Crippen LogP contribution in [-0.2, 0) is 4.79 Å². The van der Waals surface area contributed by atoms with Gasteiger partial charge in [-0.25, -0.2) is 0 Å². The summed E-state index contributed by atoms with van der Waals surface area (Å²) in [5, 5.41) is 9.93. The first-order chi connectivity index (χ1) is 8.40. The number of hydrogen-bond donors (Lipinski definition) is 1. The summed E-state index contributed by atoms with van der Waals surface area (Å²) in [6.45, 7) is 9.70. The van der Waals surface area contributed by atoms with Gasteiger partial charge in [0.25, 0.3) is 0 Å². The van der Waals surface area contributed by atoms with Crippen LogP contribution in [0.3, 0.4) is 0 Å². The molecule has 0 aromatic carbocycles. The Morgan fingerprint density at radius 1 is 1.50 bits per heavy atom. The molecule has 0 aliphatic carbocycles. The van der Waals surface area contributed by atoms with Crippen LogP contribution in [-0.4, -0.2) is 15.0 Å². The molecule has 100 valence electrons. The molecule has 1 N–H and O–H groups in total. The molecule has 0 amide bonds. The molecule has 1 aliphatic rings. The van der Waals surface area contributed by atoms with E-state index in [-0.39, 0.29) is 10.9 Å². The van der Waals surface area contributed by atoms with Gasteiger partial charge in [0, 0.05) is 5.57 Å². The first-order valence-electron chi connectivity index (χ1n) is 6.41. The van der Waals surface area contributed by atoms with Crippen molar-refractivity contribution in [1.29, 1.82) is 0 Å². The SMILES string of the molecule is C=C(/C=C/C1(C)SC(=O)C(C)=C1O)CCCCC. The standard InChI is InChI=1S/C15H22O2S/c1-5-6-7-8-11(2)9-10-15(4)13(16)12(3)14(17)18-15/h9-10,16H,2,5-8H2,1,3-4H3/b10-9+. The van der Waals surface area contributed by atoms with E-state index in [1.54, 1.807) is 6.92 Å². The third-order valence-electron chi connectivity index (χ3n) is 3.17. The molecule has 1 unspecified atom stereocenters. The van der Waals surface area contributed by atoms with Gasteiger partial charge in [0.05, 0.1) is 4.75 Å². The fraction of sp³-hybridized carbons (Fsp3) is 0.533. The number of rotatable bonds is 6. The van der Waals surface area contributed by atoms with Crippen molar-refractivity contribution in [3.63, 3.8) is 0 Å². The summed E-state index contributed by atoms with van der Waals surface area (Å²) >= 11 is 1.16. The molecule has 0 aromatic rings. The summed E-state index contributed by atoms with van der Waals surface area (Å²) in [4.78, 5) is 11.5. The summed E-state index contributed by atoms with van der Waals surface area (Å²) in [5.74, 6) is 0.176. The first kappa shape index (κ1) is 15.1. The van der Waals surface area contributed by atoms with Crippen molar-refractivity contribution in [2.24, 2.45) is 0 Å². The van der Waals surface area contributed by atoms with Gasteiger partial charge in [0.15, 0.2) is 0 Å². The lowest BCUT2D eigenvalue weighted by Gasteiger charge is -2.17. The van der Waals surface area contributed by atoms with Gasteiger partial charge in [-0.1, -0.05) is 55.8 Å². The highest BCUT2D eigenvalue weighted by Crippen LogP contribution is 2.43. The van der Waals surface area contributed by atoms with Crippen molar-refractivity contribution >= 4 is 16.9 Å². The zero-order valence-electron chi connectivity index (χ0n) is 11.5. The highest BCUT2D eigenvalue weighted by atomic mass is 32.2. The topological polar surface area (TPSA) is 37.3 Å². The van der Waals surface area contributed by atoms with Crippen LogP contribution in [0.15, 0.2) is 35.6 Å². The van der Waals surface area contributed by atoms with Crippen LogP contribution in [0.2, 0.25) is 0 Å². The molecule has 1 rings (SSSR count). The van der Waals surface area contributed by atoms with E-state index in [9.17, 15) is 9.90 Å². The zero-order valence-corrected chi connectivity index (χ0v) is 12.3. The monoisotopic (exact) mass is 266 g/mol. The smallest absolute Gasteiger partial charge is 0.219 e. The normalized spacial score (nSPS) is 24.3. The minimum Gasteiger partial charge on any atom is -0.510 e. The second kappa shape index (κ2) is 6.28. The Hall–Kier alpha value is -0.960. The van der Waals surface area contributed by atoms with Crippen molar-refractivity contribution < 1.29 is 9.90 Å². The average Bonchev–Trinajstić information content (AvgIpc) is 2.52. The van der Waals surface area contributed by atoms with E-state index in [0.29, 0.717) is 5.57 Å². The van der Waals surface area contributed by atoms with Crippen molar-refractivity contribution in [3.05, 3.63) is 35.6 Å². The van der Waals surface area contributed by atoms with Gasteiger partial charge in [-0.15, -0.1) is 0 Å². The molecular weight excluding hydrogens is 244 g/mol. The van der Waals surface area contributed by atoms with Gasteiger partial charge in [-0.05, 0) is 26.7 Å². The van der Waals surface area contributed by atoms with E-state index in [2.05, 4.69) is 13.5 Å². The molecule has 0 saturated carbocycles. The summed E-state index contributed by atoms with van der Waals surface area (Å²) in [6.07, 6.45) is 8.34. The predicted molar refractivity (Wildman–Crippen MR) is 78.8 cm³/mol. The molecular formula is C15H22O2S. The number of thioether (sulfide) groups is 1. The molecule has 3 heteroatoms. The molecule has 0 saturated heterocycles. The molecule has 0 spiro atoms. The maximum absolute atomic E-state index is 11.5. The number of aliphatic hydroxyl groups is 1. The highest BCUT2D eigenvalue weighted by Gasteiger charge is 2.39. The van der Waals surface area contributed by atoms with Gasteiger partial charge in [0.2, 0.25) is 5.12 Å². The fourth-order valence-electron chi connectivity index (χ4n) is 1.86. The van der Waals surface area contributed by atoms with Gasteiger partial charge < -0.3 is 5.11 Å². The van der Waals surface area contributed by atoms with E-state index >= 15 is 0 Å². The number of carbonyl (C=O) groups excluding carboxylic acids is 1. The summed E-state index contributed by atoms with van der Waals surface area (Å²) < 4.78 is -0.616. The second-order valence-corrected chi connectivity index (χ2v) is 6.34. The van der Waals surface area contributed by atoms with Gasteiger partial charge in [-0.2, -0.15) is 0 Å². The Morgan fingerprint density at radius 2 is 2.17 bits per heavy atom. The Bertz CT molecular complexity index is 407. The second-order valence-electron chi connectivity index (χ2n) is 4.92. The lowest BCUT2D eigenvalue weighted by molar-refractivity contribution is -0.107. The highest BCUT2D eigenvalue weighted by molar-refractivity contribution is 8.16. The van der Waals surface area contributed by atoms with Crippen LogP contribution in [0, 0.1) is 0 Å². The van der Waals surface area contributed by atoms with E-state index in [4.69, 9.17) is 0 Å². The van der Waals surface area contributed by atoms with Crippen LogP contribution in [0.4, 0.5) is 0 Å². The fourth-order valence-corrected chi connectivity index (χ4v) is 2.88. The van der Waals surface area contributed by atoms with Gasteiger partial charge in [0.1, 0.15) is 5.76 Å². The number of unbranched alkanes of at least 4 members (excludes halogenated alkanes) is 2. The van der Waals surface area contributed by atoms with Gasteiger partial charge >= 0.3 is 0 Å². The largest absolute Gasteiger partial charge is 0.510 e. The van der Waals surface area contributed by atoms with Crippen molar-refractivity contribution in [1.82, 2.24) is 0 Å². The molecule has 2 nitrogen and oxygen atoms in total. The van der Waals surface area contributed by atoms with E-state index in [1.165, 1.54) is 12.8 Å². The maximum Gasteiger partial charge on any atom is 0.219 e. The lowest BCUT2D eigenvalue weighted by Crippen LogP contribution is -2.16. The number of allylic oxidation sites excluding steroid dienone is 2. The third kappa shape index (κ3) is 3.52. The third-order valence-corrected chi connectivity index (χ3v) is 4.42. The van der Waals surface area contributed by atoms with Crippen molar-refractivity contribution in [3.8, 4) is 0 Å². The Balaban J connectivity index is 2.62. The number of aliphatic hydroxyl groups excluding tert-OH is 1. The molecule has 0 radical (unpaired) electrons. The summed E-state index contributed by atoms with van der Waals surface area (Å²) in [7, 11) is 0. The Kier molecular flexibility index (Phi) is 5.27. The van der Waals surface area contributed by atoms with Crippen LogP contribution >= 0.6 is 11.8 Å². The maximum atomic E-state index is 11.5. The first-order valence-corrected chi connectivity index (χ1v) is 7.23. The van der Waals surface area contributed by atoms with Gasteiger partial charge in [-0.3, -0.25) is 4.79 Å². The predicted octanol–water partition coefficient (Wildman–Crippen LogP) is 4.54. The molecule has 1 heterocycles. The van der Waals surface area contributed by atoms with E-state index in [1.807, 2.05) is 19.1 Å². The van der Waals surface area contributed by atoms with Crippen molar-refractivity contribution in [2.75, 3.05) is 0 Å². The molecule has 1 aliphatic heterocycles. The minimum absolute atomic E-state index is 0.0451. The lowest BCUT2D eigenvalue weighted by atomic mass is 10.0. The van der Waals surface area contributed by atoms with Crippen LogP contribution < -0.4 is 0 Å². The number of hydrogen-bond acceptors (Lipinski definition) is 3. The molecule has 0 bridgehead atoms. The molecule has 18 heavy (non-hydrogen) atoms. The number of carbonyl (C=O) groups is 1. The molecule has 0 fully saturated rings. The summed E-state index contributed by atoms with van der Waals surface area (Å²) in [5.41, 5.74) is 1.51. The molecule has 1 atom stereocenters. The molecule has 0 aromatic heterocycles. The summed E-state index contributed by atoms with van der Waals surface area (Å²) in [6, 6.07) is 0. The van der Waals surface area contributed by atoms with E-state index < -0.39 is 4.75 Å². The Morgan fingerprint density at radius 3 is 2.67 bits per heavy atom. The Labute approximate surface area is 114 Å². The zero-order chi connectivity index (χ0) is 13.8. The van der Waals surface area contributed by atoms with E-state index in [0.717, 1.165) is 30.2 Å². The average molecular weight is 266 g/mol. The van der Waals surface area contributed by atoms with Crippen LogP contribution in [0.1, 0.15) is 46.5 Å². The van der Waals surface area contributed by atoms with Crippen molar-refractivity contribution in [2.45, 2.75) is 51.2 Å².